The van der Waals surface area contributed by atoms with Gasteiger partial charge in [0.25, 0.3) is 0 Å². The van der Waals surface area contributed by atoms with Crippen molar-refractivity contribution >= 4 is 15.8 Å². The van der Waals surface area contributed by atoms with E-state index in [4.69, 9.17) is 15.6 Å². The van der Waals surface area contributed by atoms with Crippen molar-refractivity contribution in [3.05, 3.63) is 24.3 Å². The molecule has 6 nitrogen and oxygen atoms in total. The van der Waals surface area contributed by atoms with Crippen LogP contribution in [-0.4, -0.2) is 38.4 Å². The minimum atomic E-state index is -3.99. The monoisotopic (exact) mass is 259 g/mol. The van der Waals surface area contributed by atoms with Gasteiger partial charge >= 0.3 is 5.97 Å². The van der Waals surface area contributed by atoms with Gasteiger partial charge in [-0.1, -0.05) is 6.07 Å². The molecule has 7 heteroatoms. The fraction of sp³-hybridized carbons (Fsp3) is 0.300. The predicted octanol–water partition coefficient (Wildman–Crippen LogP) is -0.119. The predicted molar refractivity (Wildman–Crippen MR) is 60.7 cm³/mol. The van der Waals surface area contributed by atoms with Gasteiger partial charge in [0.15, 0.2) is 15.1 Å². The summed E-state index contributed by atoms with van der Waals surface area (Å²) in [5, 5.41) is 7.16. The van der Waals surface area contributed by atoms with Crippen LogP contribution in [0.2, 0.25) is 0 Å². The van der Waals surface area contributed by atoms with Gasteiger partial charge in [-0.05, 0) is 18.2 Å². The Hall–Kier alpha value is -1.60. The van der Waals surface area contributed by atoms with Gasteiger partial charge in [-0.25, -0.2) is 8.42 Å². The molecule has 0 aliphatic rings. The molecule has 1 aromatic rings. The summed E-state index contributed by atoms with van der Waals surface area (Å²) in [6, 6.07) is 5.61. The van der Waals surface area contributed by atoms with Crippen molar-refractivity contribution in [3.8, 4) is 5.75 Å². The maximum absolute atomic E-state index is 12.0. The number of carboxylic acids is 1. The molecular weight excluding hydrogens is 246 g/mol. The highest BCUT2D eigenvalue weighted by Crippen LogP contribution is 2.21. The Morgan fingerprint density at radius 3 is 2.65 bits per heavy atom. The van der Waals surface area contributed by atoms with Crippen LogP contribution in [0.25, 0.3) is 0 Å². The summed E-state index contributed by atoms with van der Waals surface area (Å²) in [4.78, 5) is 10.7. The maximum atomic E-state index is 12.0. The van der Waals surface area contributed by atoms with Crippen LogP contribution >= 0.6 is 0 Å². The van der Waals surface area contributed by atoms with Crippen molar-refractivity contribution in [1.29, 1.82) is 0 Å². The first kappa shape index (κ1) is 13.5. The highest BCUT2D eigenvalue weighted by molar-refractivity contribution is 7.92. The molecule has 1 aromatic carbocycles. The van der Waals surface area contributed by atoms with Crippen LogP contribution in [0.15, 0.2) is 29.2 Å². The summed E-state index contributed by atoms with van der Waals surface area (Å²) < 4.78 is 28.8. The van der Waals surface area contributed by atoms with Crippen LogP contribution in [-0.2, 0) is 14.6 Å². The Morgan fingerprint density at radius 2 is 2.18 bits per heavy atom. The number of carboxylic acid groups (broad SMARTS) is 1. The smallest absolute Gasteiger partial charge is 0.323 e. The second-order valence-electron chi connectivity index (χ2n) is 3.29. The number of aliphatic carboxylic acids is 1. The van der Waals surface area contributed by atoms with E-state index in [1.165, 1.54) is 25.3 Å². The lowest BCUT2D eigenvalue weighted by molar-refractivity contribution is -0.136. The molecule has 0 saturated carbocycles. The van der Waals surface area contributed by atoms with Crippen LogP contribution in [0, 0.1) is 0 Å². The average molecular weight is 259 g/mol. The van der Waals surface area contributed by atoms with Gasteiger partial charge in [-0.15, -0.1) is 0 Å². The molecule has 0 amide bonds. The first-order chi connectivity index (χ1) is 7.93. The second-order valence-corrected chi connectivity index (χ2v) is 5.42. The van der Waals surface area contributed by atoms with Crippen LogP contribution in [0.1, 0.15) is 0 Å². The fourth-order valence-corrected chi connectivity index (χ4v) is 2.70. The van der Waals surface area contributed by atoms with E-state index >= 15 is 0 Å². The van der Waals surface area contributed by atoms with Gasteiger partial charge in [0.05, 0.1) is 12.0 Å². The lowest BCUT2D eigenvalue weighted by atomic mass is 10.3. The molecule has 1 atom stereocenters. The van der Waals surface area contributed by atoms with E-state index in [0.29, 0.717) is 5.75 Å². The quantitative estimate of drug-likeness (QED) is 0.763. The van der Waals surface area contributed by atoms with Gasteiger partial charge in [-0.3, -0.25) is 4.79 Å². The minimum absolute atomic E-state index is 0.116. The minimum Gasteiger partial charge on any atom is -0.497 e. The molecule has 0 bridgehead atoms. The lowest BCUT2D eigenvalue weighted by Gasteiger charge is -2.11. The lowest BCUT2D eigenvalue weighted by Crippen LogP contribution is -2.37. The normalized spacial score (nSPS) is 13.1. The number of nitrogens with two attached hydrogens (primary N) is 1. The Bertz CT molecular complexity index is 511. The van der Waals surface area contributed by atoms with Gasteiger partial charge in [0, 0.05) is 6.54 Å². The Kier molecular flexibility index (Phi) is 4.08. The highest BCUT2D eigenvalue weighted by Gasteiger charge is 2.32. The van der Waals surface area contributed by atoms with Crippen LogP contribution in [0.3, 0.4) is 0 Å². The molecule has 17 heavy (non-hydrogen) atoms. The third-order valence-corrected chi connectivity index (χ3v) is 4.29. The molecule has 0 fully saturated rings. The Balaban J connectivity index is 3.25. The van der Waals surface area contributed by atoms with Gasteiger partial charge in [0.2, 0.25) is 0 Å². The van der Waals surface area contributed by atoms with Crippen LogP contribution < -0.4 is 10.5 Å². The SMILES string of the molecule is COc1cccc(S(=O)(=O)C(CN)C(=O)O)c1. The zero-order valence-electron chi connectivity index (χ0n) is 9.16. The van der Waals surface area contributed by atoms with Gasteiger partial charge in [0.1, 0.15) is 5.75 Å². The molecular formula is C10H13NO5S. The molecule has 0 aliphatic carbocycles. The summed E-state index contributed by atoms with van der Waals surface area (Å²) in [5.41, 5.74) is 5.18. The van der Waals surface area contributed by atoms with E-state index in [1.807, 2.05) is 0 Å². The molecule has 1 rings (SSSR count). The van der Waals surface area contributed by atoms with Crippen LogP contribution in [0.4, 0.5) is 0 Å². The van der Waals surface area contributed by atoms with Crippen molar-refractivity contribution < 1.29 is 23.1 Å². The molecule has 0 radical (unpaired) electrons. The van der Waals surface area contributed by atoms with Crippen molar-refractivity contribution in [1.82, 2.24) is 0 Å². The summed E-state index contributed by atoms with van der Waals surface area (Å²) in [6.07, 6.45) is 0. The average Bonchev–Trinajstić information content (AvgIpc) is 2.29. The zero-order chi connectivity index (χ0) is 13.1. The van der Waals surface area contributed by atoms with E-state index in [9.17, 15) is 13.2 Å². The molecule has 94 valence electrons. The summed E-state index contributed by atoms with van der Waals surface area (Å²) >= 11 is 0. The zero-order valence-corrected chi connectivity index (χ0v) is 9.98. The molecule has 0 aromatic heterocycles. The highest BCUT2D eigenvalue weighted by atomic mass is 32.2. The van der Waals surface area contributed by atoms with Crippen molar-refractivity contribution in [2.24, 2.45) is 5.73 Å². The molecule has 0 aliphatic heterocycles. The van der Waals surface area contributed by atoms with Crippen molar-refractivity contribution in [2.75, 3.05) is 13.7 Å². The number of benzene rings is 1. The topological polar surface area (TPSA) is 107 Å². The number of hydrogen-bond donors (Lipinski definition) is 2. The molecule has 0 saturated heterocycles. The van der Waals surface area contributed by atoms with E-state index in [-0.39, 0.29) is 4.90 Å². The van der Waals surface area contributed by atoms with E-state index in [0.717, 1.165) is 0 Å². The second kappa shape index (κ2) is 5.15. The van der Waals surface area contributed by atoms with Crippen molar-refractivity contribution in [2.45, 2.75) is 10.1 Å². The number of methoxy groups -OCH3 is 1. The third-order valence-electron chi connectivity index (χ3n) is 2.23. The summed E-state index contributed by atoms with van der Waals surface area (Å²) in [6.45, 7) is -0.477. The first-order valence-electron chi connectivity index (χ1n) is 4.74. The van der Waals surface area contributed by atoms with Gasteiger partial charge < -0.3 is 15.6 Å². The number of carbonyl (C=O) groups is 1. The Morgan fingerprint density at radius 1 is 1.53 bits per heavy atom. The number of sulfone groups is 1. The van der Waals surface area contributed by atoms with E-state index in [2.05, 4.69) is 0 Å². The number of hydrogen-bond acceptors (Lipinski definition) is 5. The number of ether oxygens (including phenoxy) is 1. The maximum Gasteiger partial charge on any atom is 0.323 e. The molecule has 0 heterocycles. The van der Waals surface area contributed by atoms with E-state index < -0.39 is 27.6 Å². The van der Waals surface area contributed by atoms with E-state index in [1.54, 1.807) is 6.07 Å². The summed E-state index contributed by atoms with van der Waals surface area (Å²) in [7, 11) is -2.60. The van der Waals surface area contributed by atoms with Crippen molar-refractivity contribution in [3.63, 3.8) is 0 Å². The fourth-order valence-electron chi connectivity index (χ4n) is 1.30. The Labute approximate surface area is 98.9 Å². The molecule has 3 N–H and O–H groups in total. The standard InChI is InChI=1S/C10H13NO5S/c1-16-7-3-2-4-8(5-7)17(14,15)9(6-11)10(12)13/h2-5,9H,6,11H2,1H3,(H,12,13). The molecule has 1 unspecified atom stereocenters. The van der Waals surface area contributed by atoms with Crippen LogP contribution in [0.5, 0.6) is 5.75 Å². The summed E-state index contributed by atoms with van der Waals surface area (Å²) in [5.74, 6) is -1.12. The first-order valence-corrected chi connectivity index (χ1v) is 6.29. The molecule has 0 spiro atoms. The number of rotatable bonds is 5. The van der Waals surface area contributed by atoms with Gasteiger partial charge in [-0.2, -0.15) is 0 Å². The largest absolute Gasteiger partial charge is 0.497 e. The third kappa shape index (κ3) is 2.75.